The number of nitrogens with zero attached hydrogens (tertiary/aromatic N) is 5. The zero-order valence-corrected chi connectivity index (χ0v) is 15.6. The van der Waals surface area contributed by atoms with Crippen molar-refractivity contribution in [2.24, 2.45) is 0 Å². The van der Waals surface area contributed by atoms with Gasteiger partial charge in [-0.1, -0.05) is 6.07 Å². The number of aryl methyl sites for hydroxylation is 1. The predicted octanol–water partition coefficient (Wildman–Crippen LogP) is 2.69. The molecule has 0 fully saturated rings. The van der Waals surface area contributed by atoms with Crippen LogP contribution < -0.4 is 4.74 Å². The molecule has 0 atom stereocenters. The summed E-state index contributed by atoms with van der Waals surface area (Å²) in [5.74, 6) is 0.787. The molecule has 1 aliphatic rings. The number of ether oxygens (including phenoxy) is 1. The van der Waals surface area contributed by atoms with Gasteiger partial charge in [0.05, 0.1) is 36.4 Å². The minimum atomic E-state index is 0.00674. The summed E-state index contributed by atoms with van der Waals surface area (Å²) in [6.45, 7) is 1.40. The topological polar surface area (TPSA) is 65.2 Å². The van der Waals surface area contributed by atoms with Gasteiger partial charge in [-0.25, -0.2) is 4.68 Å². The zero-order chi connectivity index (χ0) is 18.8. The number of carbonyl (C=O) groups excluding carboxylic acids is 1. The van der Waals surface area contributed by atoms with E-state index in [0.29, 0.717) is 6.54 Å². The van der Waals surface area contributed by atoms with Crippen LogP contribution in [-0.4, -0.2) is 44.5 Å². The maximum absolute atomic E-state index is 12.9. The van der Waals surface area contributed by atoms with Gasteiger partial charge in [-0.05, 0) is 31.4 Å². The number of aromatic nitrogens is 4. The second-order valence-electron chi connectivity index (χ2n) is 6.84. The van der Waals surface area contributed by atoms with Crippen molar-refractivity contribution in [2.75, 3.05) is 14.2 Å². The van der Waals surface area contributed by atoms with E-state index >= 15 is 0 Å². The minimum absolute atomic E-state index is 0.00674. The number of fused-ring (bicyclic) bond motifs is 1. The quantitative estimate of drug-likeness (QED) is 0.697. The molecule has 0 unspecified atom stereocenters. The molecule has 3 aromatic rings. The molecule has 0 N–H and O–H groups in total. The van der Waals surface area contributed by atoms with Crippen LogP contribution in [-0.2, 0) is 19.5 Å². The number of carbonyl (C=O) groups is 1. The fourth-order valence-electron chi connectivity index (χ4n) is 3.49. The summed E-state index contributed by atoms with van der Waals surface area (Å²) in [6.07, 6.45) is 8.59. The number of rotatable bonds is 5. The first-order chi connectivity index (χ1) is 13.2. The Morgan fingerprint density at radius 2 is 2.15 bits per heavy atom. The standard InChI is InChI=1S/C20H23N5O2/c1-23(20(26)18-12-22-24-9-4-3-8-19(18)24)13-15-11-21-25(14-15)16-6-5-7-17(10-16)27-2/h5-7,10-12,14H,3-4,8-9,13H2,1-2H3. The summed E-state index contributed by atoms with van der Waals surface area (Å²) in [4.78, 5) is 14.6. The lowest BCUT2D eigenvalue weighted by Gasteiger charge is -2.18. The molecule has 0 bridgehead atoms. The largest absolute Gasteiger partial charge is 0.497 e. The Bertz CT molecular complexity index is 959. The van der Waals surface area contributed by atoms with E-state index in [2.05, 4.69) is 10.2 Å². The molecule has 7 heteroatoms. The van der Waals surface area contributed by atoms with E-state index in [9.17, 15) is 4.79 Å². The van der Waals surface area contributed by atoms with Crippen molar-refractivity contribution in [3.8, 4) is 11.4 Å². The van der Waals surface area contributed by atoms with Gasteiger partial charge in [-0.15, -0.1) is 0 Å². The van der Waals surface area contributed by atoms with Crippen LogP contribution in [0.25, 0.3) is 5.69 Å². The van der Waals surface area contributed by atoms with Crippen molar-refractivity contribution in [3.05, 3.63) is 59.7 Å². The monoisotopic (exact) mass is 365 g/mol. The third kappa shape index (κ3) is 3.45. The molecule has 0 radical (unpaired) electrons. The molecule has 0 saturated carbocycles. The van der Waals surface area contributed by atoms with Gasteiger partial charge in [0, 0.05) is 38.0 Å². The second kappa shape index (κ2) is 7.26. The van der Waals surface area contributed by atoms with Gasteiger partial charge in [-0.3, -0.25) is 9.48 Å². The molecule has 7 nitrogen and oxygen atoms in total. The number of methoxy groups -OCH3 is 1. The van der Waals surface area contributed by atoms with Gasteiger partial charge in [0.2, 0.25) is 0 Å². The van der Waals surface area contributed by atoms with Gasteiger partial charge in [0.15, 0.2) is 0 Å². The second-order valence-corrected chi connectivity index (χ2v) is 6.84. The summed E-state index contributed by atoms with van der Waals surface area (Å²) >= 11 is 0. The minimum Gasteiger partial charge on any atom is -0.497 e. The van der Waals surface area contributed by atoms with Gasteiger partial charge in [0.1, 0.15) is 5.75 Å². The van der Waals surface area contributed by atoms with Crippen molar-refractivity contribution in [1.29, 1.82) is 0 Å². The Morgan fingerprint density at radius 1 is 1.26 bits per heavy atom. The third-order valence-corrected chi connectivity index (χ3v) is 4.93. The van der Waals surface area contributed by atoms with Crippen LogP contribution in [0.3, 0.4) is 0 Å². The van der Waals surface area contributed by atoms with E-state index in [4.69, 9.17) is 4.74 Å². The van der Waals surface area contributed by atoms with Crippen LogP contribution in [0.2, 0.25) is 0 Å². The molecule has 1 amide bonds. The molecular weight excluding hydrogens is 342 g/mol. The first-order valence-corrected chi connectivity index (χ1v) is 9.14. The van der Waals surface area contributed by atoms with Gasteiger partial charge in [0.25, 0.3) is 5.91 Å². The smallest absolute Gasteiger partial charge is 0.257 e. The lowest BCUT2D eigenvalue weighted by atomic mass is 10.1. The van der Waals surface area contributed by atoms with Crippen LogP contribution in [0.1, 0.15) is 34.5 Å². The highest BCUT2D eigenvalue weighted by Gasteiger charge is 2.22. The highest BCUT2D eigenvalue weighted by Crippen LogP contribution is 2.20. The number of hydrogen-bond acceptors (Lipinski definition) is 4. The molecule has 0 aliphatic carbocycles. The molecular formula is C20H23N5O2. The van der Waals surface area contributed by atoms with E-state index in [-0.39, 0.29) is 5.91 Å². The normalized spacial score (nSPS) is 13.3. The summed E-state index contributed by atoms with van der Waals surface area (Å²) in [6, 6.07) is 7.71. The highest BCUT2D eigenvalue weighted by atomic mass is 16.5. The molecule has 27 heavy (non-hydrogen) atoms. The summed E-state index contributed by atoms with van der Waals surface area (Å²) < 4.78 is 9.02. The van der Waals surface area contributed by atoms with Crippen molar-refractivity contribution < 1.29 is 9.53 Å². The van der Waals surface area contributed by atoms with E-state index in [1.165, 1.54) is 0 Å². The Hall–Kier alpha value is -3.09. The van der Waals surface area contributed by atoms with Crippen LogP contribution >= 0.6 is 0 Å². The molecule has 1 aromatic carbocycles. The maximum Gasteiger partial charge on any atom is 0.257 e. The summed E-state index contributed by atoms with van der Waals surface area (Å²) in [7, 11) is 3.46. The SMILES string of the molecule is COc1cccc(-n2cc(CN(C)C(=O)c3cnn4c3CCCC4)cn2)c1. The van der Waals surface area contributed by atoms with Crippen molar-refractivity contribution in [2.45, 2.75) is 32.4 Å². The van der Waals surface area contributed by atoms with Crippen LogP contribution in [0.4, 0.5) is 0 Å². The van der Waals surface area contributed by atoms with Crippen molar-refractivity contribution >= 4 is 5.91 Å². The predicted molar refractivity (Wildman–Crippen MR) is 101 cm³/mol. The number of benzene rings is 1. The summed E-state index contributed by atoms with van der Waals surface area (Å²) in [5, 5.41) is 8.78. The lowest BCUT2D eigenvalue weighted by Crippen LogP contribution is -2.27. The van der Waals surface area contributed by atoms with Crippen molar-refractivity contribution in [3.63, 3.8) is 0 Å². The number of hydrogen-bond donors (Lipinski definition) is 0. The molecule has 140 valence electrons. The molecule has 0 saturated heterocycles. The van der Waals surface area contributed by atoms with Crippen LogP contribution in [0, 0.1) is 0 Å². The number of amides is 1. The van der Waals surface area contributed by atoms with Crippen LogP contribution in [0.5, 0.6) is 5.75 Å². The molecule has 3 heterocycles. The average molecular weight is 365 g/mol. The zero-order valence-electron chi connectivity index (χ0n) is 15.6. The molecule has 2 aromatic heterocycles. The third-order valence-electron chi connectivity index (χ3n) is 4.93. The van der Waals surface area contributed by atoms with Gasteiger partial charge >= 0.3 is 0 Å². The lowest BCUT2D eigenvalue weighted by molar-refractivity contribution is 0.0783. The fourth-order valence-corrected chi connectivity index (χ4v) is 3.49. The van der Waals surface area contributed by atoms with E-state index in [1.54, 1.807) is 29.1 Å². The van der Waals surface area contributed by atoms with Crippen molar-refractivity contribution in [1.82, 2.24) is 24.5 Å². The maximum atomic E-state index is 12.9. The fraction of sp³-hybridized carbons (Fsp3) is 0.350. The Balaban J connectivity index is 1.48. The Kier molecular flexibility index (Phi) is 4.66. The average Bonchev–Trinajstić information content (AvgIpc) is 3.34. The molecule has 4 rings (SSSR count). The van der Waals surface area contributed by atoms with E-state index < -0.39 is 0 Å². The van der Waals surface area contributed by atoms with E-state index in [0.717, 1.165) is 54.1 Å². The van der Waals surface area contributed by atoms with E-state index in [1.807, 2.05) is 42.2 Å². The van der Waals surface area contributed by atoms with Crippen LogP contribution in [0.15, 0.2) is 42.9 Å². The highest BCUT2D eigenvalue weighted by molar-refractivity contribution is 5.95. The molecule has 1 aliphatic heterocycles. The molecule has 0 spiro atoms. The first kappa shape index (κ1) is 17.3. The Morgan fingerprint density at radius 3 is 3.00 bits per heavy atom. The van der Waals surface area contributed by atoms with Gasteiger partial charge in [-0.2, -0.15) is 10.2 Å². The first-order valence-electron chi connectivity index (χ1n) is 9.14. The van der Waals surface area contributed by atoms with Gasteiger partial charge < -0.3 is 9.64 Å². The summed E-state index contributed by atoms with van der Waals surface area (Å²) in [5.41, 5.74) is 3.66. The Labute approximate surface area is 158 Å².